The molecule has 5 heteroatoms. The molecule has 1 aliphatic rings. The average Bonchev–Trinajstić information content (AvgIpc) is 2.68. The van der Waals surface area contributed by atoms with Crippen LogP contribution in [0.1, 0.15) is 38.7 Å². The summed E-state index contributed by atoms with van der Waals surface area (Å²) in [6.07, 6.45) is 3.82. The first kappa shape index (κ1) is 20.6. The Morgan fingerprint density at radius 2 is 2.00 bits per heavy atom. The Labute approximate surface area is 159 Å². The Balaban J connectivity index is 1.89. The Morgan fingerprint density at radius 3 is 2.65 bits per heavy atom. The highest BCUT2D eigenvalue weighted by atomic mass is 16.5. The molecule has 5 nitrogen and oxygen atoms in total. The van der Waals surface area contributed by atoms with Crippen molar-refractivity contribution in [3.63, 3.8) is 0 Å². The third-order valence-electron chi connectivity index (χ3n) is 5.25. The standard InChI is InChI=1S/C21H36N4O/c1-5-22-21(23-14-11-18-12-15-25(6-2)16-13-18)24(3)17-19-9-7-8-10-20(19)26-4/h7-10,18H,5-6,11-17H2,1-4H3,(H,22,23). The lowest BCUT2D eigenvalue weighted by molar-refractivity contribution is 0.188. The van der Waals surface area contributed by atoms with Crippen LogP contribution in [0.15, 0.2) is 29.3 Å². The normalized spacial score (nSPS) is 16.5. The molecule has 0 aliphatic carbocycles. The summed E-state index contributed by atoms with van der Waals surface area (Å²) in [4.78, 5) is 9.60. The van der Waals surface area contributed by atoms with Gasteiger partial charge in [-0.2, -0.15) is 0 Å². The highest BCUT2D eigenvalue weighted by Gasteiger charge is 2.17. The minimum Gasteiger partial charge on any atom is -0.496 e. The van der Waals surface area contributed by atoms with Crippen molar-refractivity contribution in [2.75, 3.05) is 46.9 Å². The summed E-state index contributed by atoms with van der Waals surface area (Å²) >= 11 is 0. The molecular formula is C21H36N4O. The third kappa shape index (κ3) is 6.20. The molecule has 1 saturated heterocycles. The first-order chi connectivity index (χ1) is 12.7. The molecule has 1 aromatic carbocycles. The van der Waals surface area contributed by atoms with Crippen LogP contribution in [0.2, 0.25) is 0 Å². The summed E-state index contributed by atoms with van der Waals surface area (Å²) < 4.78 is 5.47. The van der Waals surface area contributed by atoms with Crippen LogP contribution in [0.4, 0.5) is 0 Å². The number of para-hydroxylation sites is 1. The molecule has 146 valence electrons. The lowest BCUT2D eigenvalue weighted by Crippen LogP contribution is -2.38. The number of hydrogen-bond donors (Lipinski definition) is 1. The molecule has 1 fully saturated rings. The second kappa shape index (κ2) is 11.1. The monoisotopic (exact) mass is 360 g/mol. The Kier molecular flexibility index (Phi) is 8.75. The van der Waals surface area contributed by atoms with Gasteiger partial charge in [0.15, 0.2) is 5.96 Å². The molecule has 1 N–H and O–H groups in total. The number of rotatable bonds is 8. The van der Waals surface area contributed by atoms with Crippen LogP contribution in [-0.4, -0.2) is 62.6 Å². The molecular weight excluding hydrogens is 324 g/mol. The van der Waals surface area contributed by atoms with Gasteiger partial charge in [0.25, 0.3) is 0 Å². The van der Waals surface area contributed by atoms with Crippen molar-refractivity contribution < 1.29 is 4.74 Å². The van der Waals surface area contributed by atoms with E-state index in [1.165, 1.54) is 44.5 Å². The van der Waals surface area contributed by atoms with Gasteiger partial charge >= 0.3 is 0 Å². The average molecular weight is 361 g/mol. The summed E-state index contributed by atoms with van der Waals surface area (Å²) in [6.45, 7) is 10.6. The molecule has 0 saturated carbocycles. The van der Waals surface area contributed by atoms with Crippen molar-refractivity contribution in [3.05, 3.63) is 29.8 Å². The number of nitrogens with one attached hydrogen (secondary N) is 1. The molecule has 0 radical (unpaired) electrons. The predicted molar refractivity (Wildman–Crippen MR) is 110 cm³/mol. The molecule has 0 atom stereocenters. The van der Waals surface area contributed by atoms with E-state index in [0.29, 0.717) is 0 Å². The largest absolute Gasteiger partial charge is 0.496 e. The summed E-state index contributed by atoms with van der Waals surface area (Å²) in [5.41, 5.74) is 1.18. The van der Waals surface area contributed by atoms with E-state index in [0.717, 1.165) is 37.3 Å². The van der Waals surface area contributed by atoms with Gasteiger partial charge in [-0.3, -0.25) is 4.99 Å². The molecule has 0 bridgehead atoms. The maximum absolute atomic E-state index is 5.47. The van der Waals surface area contributed by atoms with Gasteiger partial charge in [-0.15, -0.1) is 0 Å². The maximum Gasteiger partial charge on any atom is 0.193 e. The lowest BCUT2D eigenvalue weighted by atomic mass is 9.94. The number of aliphatic imine (C=N–C) groups is 1. The number of benzene rings is 1. The number of hydrogen-bond acceptors (Lipinski definition) is 3. The third-order valence-corrected chi connectivity index (χ3v) is 5.25. The lowest BCUT2D eigenvalue weighted by Gasteiger charge is -2.30. The van der Waals surface area contributed by atoms with Gasteiger partial charge in [0.1, 0.15) is 5.75 Å². The van der Waals surface area contributed by atoms with Crippen LogP contribution < -0.4 is 10.1 Å². The van der Waals surface area contributed by atoms with E-state index < -0.39 is 0 Å². The minimum atomic E-state index is 0.782. The van der Waals surface area contributed by atoms with Crippen molar-refractivity contribution in [2.24, 2.45) is 10.9 Å². The zero-order chi connectivity index (χ0) is 18.8. The van der Waals surface area contributed by atoms with Gasteiger partial charge in [0, 0.05) is 32.2 Å². The predicted octanol–water partition coefficient (Wildman–Crippen LogP) is 3.21. The van der Waals surface area contributed by atoms with Crippen LogP contribution in [0.3, 0.4) is 0 Å². The van der Waals surface area contributed by atoms with E-state index in [1.807, 2.05) is 12.1 Å². The molecule has 2 rings (SSSR count). The Morgan fingerprint density at radius 1 is 1.27 bits per heavy atom. The van der Waals surface area contributed by atoms with Gasteiger partial charge in [0.2, 0.25) is 0 Å². The molecule has 0 aromatic heterocycles. The minimum absolute atomic E-state index is 0.782. The quantitative estimate of drug-likeness (QED) is 0.571. The number of ether oxygens (including phenoxy) is 1. The van der Waals surface area contributed by atoms with Crippen LogP contribution in [0.25, 0.3) is 0 Å². The summed E-state index contributed by atoms with van der Waals surface area (Å²) in [6, 6.07) is 8.18. The molecule has 26 heavy (non-hydrogen) atoms. The Hall–Kier alpha value is -1.75. The second-order valence-electron chi connectivity index (χ2n) is 7.07. The zero-order valence-corrected chi connectivity index (χ0v) is 17.0. The van der Waals surface area contributed by atoms with E-state index in [4.69, 9.17) is 9.73 Å². The molecule has 0 unspecified atom stereocenters. The summed E-state index contributed by atoms with van der Waals surface area (Å²) in [7, 11) is 3.82. The highest BCUT2D eigenvalue weighted by Crippen LogP contribution is 2.21. The molecule has 1 aliphatic heterocycles. The molecule has 1 aromatic rings. The van der Waals surface area contributed by atoms with E-state index in [1.54, 1.807) is 7.11 Å². The number of methoxy groups -OCH3 is 1. The number of likely N-dealkylation sites (tertiary alicyclic amines) is 1. The number of nitrogens with zero attached hydrogens (tertiary/aromatic N) is 3. The van der Waals surface area contributed by atoms with Gasteiger partial charge in [-0.05, 0) is 57.8 Å². The van der Waals surface area contributed by atoms with Gasteiger partial charge < -0.3 is 19.9 Å². The summed E-state index contributed by atoms with van der Waals surface area (Å²) in [5.74, 6) is 2.73. The fourth-order valence-electron chi connectivity index (χ4n) is 3.58. The van der Waals surface area contributed by atoms with Gasteiger partial charge in [-0.25, -0.2) is 0 Å². The van der Waals surface area contributed by atoms with E-state index >= 15 is 0 Å². The van der Waals surface area contributed by atoms with Crippen molar-refractivity contribution in [1.82, 2.24) is 15.1 Å². The van der Waals surface area contributed by atoms with Crippen molar-refractivity contribution in [1.29, 1.82) is 0 Å². The number of guanidine groups is 1. The fourth-order valence-corrected chi connectivity index (χ4v) is 3.58. The fraction of sp³-hybridized carbons (Fsp3) is 0.667. The van der Waals surface area contributed by atoms with E-state index in [-0.39, 0.29) is 0 Å². The van der Waals surface area contributed by atoms with E-state index in [9.17, 15) is 0 Å². The maximum atomic E-state index is 5.47. The van der Waals surface area contributed by atoms with Crippen molar-refractivity contribution >= 4 is 5.96 Å². The first-order valence-electron chi connectivity index (χ1n) is 10.0. The molecule has 1 heterocycles. The molecule has 0 amide bonds. The van der Waals surface area contributed by atoms with Crippen LogP contribution >= 0.6 is 0 Å². The van der Waals surface area contributed by atoms with Crippen LogP contribution in [-0.2, 0) is 6.54 Å². The van der Waals surface area contributed by atoms with Crippen LogP contribution in [0, 0.1) is 5.92 Å². The van der Waals surface area contributed by atoms with Gasteiger partial charge in [-0.1, -0.05) is 25.1 Å². The van der Waals surface area contributed by atoms with Crippen molar-refractivity contribution in [2.45, 2.75) is 39.7 Å². The number of piperidine rings is 1. The smallest absolute Gasteiger partial charge is 0.193 e. The van der Waals surface area contributed by atoms with Crippen LogP contribution in [0.5, 0.6) is 5.75 Å². The van der Waals surface area contributed by atoms with Crippen molar-refractivity contribution in [3.8, 4) is 5.75 Å². The highest BCUT2D eigenvalue weighted by molar-refractivity contribution is 5.79. The summed E-state index contributed by atoms with van der Waals surface area (Å²) in [5, 5.41) is 3.42. The second-order valence-corrected chi connectivity index (χ2v) is 7.07. The van der Waals surface area contributed by atoms with E-state index in [2.05, 4.69) is 48.1 Å². The SMILES string of the molecule is CCNC(=NCCC1CCN(CC)CC1)N(C)Cc1ccccc1OC. The Bertz CT molecular complexity index is 553. The van der Waals surface area contributed by atoms with Gasteiger partial charge in [0.05, 0.1) is 7.11 Å². The first-order valence-corrected chi connectivity index (χ1v) is 10.0. The zero-order valence-electron chi connectivity index (χ0n) is 17.0. The molecule has 0 spiro atoms. The topological polar surface area (TPSA) is 40.1 Å².